The van der Waals surface area contributed by atoms with Gasteiger partial charge in [-0.2, -0.15) is 0 Å². The number of benzene rings is 2. The monoisotopic (exact) mass is 512 g/mol. The highest BCUT2D eigenvalue weighted by Crippen LogP contribution is 2.32. The Morgan fingerprint density at radius 2 is 1.81 bits per heavy atom. The Morgan fingerprint density at radius 3 is 2.49 bits per heavy atom. The topological polar surface area (TPSA) is 140 Å². The Hall–Kier alpha value is -4.08. The number of nitrogens with one attached hydrogen (secondary N) is 2. The smallest absolute Gasteiger partial charge is 0.407 e. The summed E-state index contributed by atoms with van der Waals surface area (Å²) in [7, 11) is 0. The van der Waals surface area contributed by atoms with Crippen LogP contribution in [-0.4, -0.2) is 47.8 Å². The molecule has 0 aliphatic carbocycles. The van der Waals surface area contributed by atoms with Crippen LogP contribution in [0.15, 0.2) is 48.5 Å². The maximum atomic E-state index is 12.5. The summed E-state index contributed by atoms with van der Waals surface area (Å²) < 4.78 is 16.1. The fourth-order valence-corrected chi connectivity index (χ4v) is 3.48. The van der Waals surface area contributed by atoms with Gasteiger partial charge in [0.05, 0.1) is 12.3 Å². The highest BCUT2D eigenvalue weighted by Gasteiger charge is 2.29. The average molecular weight is 513 g/mol. The van der Waals surface area contributed by atoms with E-state index in [1.807, 2.05) is 51.1 Å². The molecular formula is C27H32N2O8. The van der Waals surface area contributed by atoms with Crippen LogP contribution in [0.2, 0.25) is 0 Å². The molecule has 0 saturated carbocycles. The van der Waals surface area contributed by atoms with Crippen LogP contribution < -0.4 is 15.4 Å². The van der Waals surface area contributed by atoms with Gasteiger partial charge in [-0.25, -0.2) is 9.59 Å². The van der Waals surface area contributed by atoms with Gasteiger partial charge in [0.25, 0.3) is 5.91 Å². The zero-order chi connectivity index (χ0) is 27.0. The molecule has 198 valence electrons. The highest BCUT2D eigenvalue weighted by molar-refractivity contribution is 5.98. The number of amides is 2. The van der Waals surface area contributed by atoms with E-state index in [4.69, 9.17) is 14.2 Å². The number of ether oxygens (including phenoxy) is 3. The summed E-state index contributed by atoms with van der Waals surface area (Å²) in [5.41, 5.74) is 1.56. The Balaban J connectivity index is 1.53. The van der Waals surface area contributed by atoms with Crippen molar-refractivity contribution in [3.8, 4) is 5.75 Å². The average Bonchev–Trinajstić information content (AvgIpc) is 2.84. The summed E-state index contributed by atoms with van der Waals surface area (Å²) in [5.74, 6) is -1.67. The molecule has 10 heteroatoms. The Bertz CT molecular complexity index is 1130. The largest absolute Gasteiger partial charge is 0.480 e. The summed E-state index contributed by atoms with van der Waals surface area (Å²) in [4.78, 5) is 48.3. The van der Waals surface area contributed by atoms with E-state index in [9.17, 15) is 24.3 Å². The minimum absolute atomic E-state index is 0.00954. The Morgan fingerprint density at radius 1 is 1.08 bits per heavy atom. The zero-order valence-electron chi connectivity index (χ0n) is 21.1. The number of rotatable bonds is 10. The maximum absolute atomic E-state index is 12.5. The lowest BCUT2D eigenvalue weighted by molar-refractivity contribution is -0.145. The number of carboxylic acid groups (broad SMARTS) is 1. The molecule has 0 bridgehead atoms. The van der Waals surface area contributed by atoms with E-state index in [2.05, 4.69) is 10.6 Å². The number of aliphatic carboxylic acids is 1. The van der Waals surface area contributed by atoms with Crippen LogP contribution in [0.5, 0.6) is 5.75 Å². The third-order valence-corrected chi connectivity index (χ3v) is 5.38. The normalized spacial score (nSPS) is 15.4. The first-order valence-corrected chi connectivity index (χ1v) is 12.0. The number of anilines is 1. The third-order valence-electron chi connectivity index (χ3n) is 5.38. The van der Waals surface area contributed by atoms with Crippen LogP contribution in [0.25, 0.3) is 0 Å². The van der Waals surface area contributed by atoms with Crippen LogP contribution in [-0.2, 0) is 36.9 Å². The molecule has 2 aromatic carbocycles. The predicted octanol–water partition coefficient (Wildman–Crippen LogP) is 3.68. The molecular weight excluding hydrogens is 480 g/mol. The number of esters is 1. The van der Waals surface area contributed by atoms with Gasteiger partial charge >= 0.3 is 18.0 Å². The zero-order valence-corrected chi connectivity index (χ0v) is 21.1. The quantitative estimate of drug-likeness (QED) is 0.410. The van der Waals surface area contributed by atoms with E-state index in [1.54, 1.807) is 18.2 Å². The molecule has 2 amide bonds. The van der Waals surface area contributed by atoms with Gasteiger partial charge in [0, 0.05) is 19.3 Å². The van der Waals surface area contributed by atoms with E-state index in [1.165, 1.54) is 0 Å². The molecule has 0 radical (unpaired) electrons. The molecule has 1 aliphatic rings. The molecule has 3 rings (SSSR count). The van der Waals surface area contributed by atoms with E-state index in [-0.39, 0.29) is 37.9 Å². The molecule has 2 unspecified atom stereocenters. The minimum Gasteiger partial charge on any atom is -0.480 e. The van der Waals surface area contributed by atoms with Crippen LogP contribution in [0.3, 0.4) is 0 Å². The van der Waals surface area contributed by atoms with Crippen molar-refractivity contribution in [1.82, 2.24) is 5.32 Å². The molecule has 2 atom stereocenters. The van der Waals surface area contributed by atoms with Gasteiger partial charge in [0.2, 0.25) is 0 Å². The van der Waals surface area contributed by atoms with E-state index in [0.717, 1.165) is 5.56 Å². The summed E-state index contributed by atoms with van der Waals surface area (Å²) in [6, 6.07) is 12.9. The van der Waals surface area contributed by atoms with Gasteiger partial charge in [-0.1, -0.05) is 57.2 Å². The molecule has 0 fully saturated rings. The maximum Gasteiger partial charge on any atom is 0.407 e. The van der Waals surface area contributed by atoms with Gasteiger partial charge in [-0.05, 0) is 28.7 Å². The second-order valence-electron chi connectivity index (χ2n) is 9.99. The van der Waals surface area contributed by atoms with Gasteiger partial charge < -0.3 is 30.0 Å². The van der Waals surface area contributed by atoms with Gasteiger partial charge in [-0.3, -0.25) is 9.59 Å². The molecule has 3 N–H and O–H groups in total. The Kier molecular flexibility index (Phi) is 9.10. The lowest BCUT2D eigenvalue weighted by Crippen LogP contribution is -2.43. The first-order chi connectivity index (χ1) is 17.5. The number of alkyl carbamates (subject to hydrolysis) is 1. The lowest BCUT2D eigenvalue weighted by atomic mass is 9.99. The third kappa shape index (κ3) is 8.82. The van der Waals surface area contributed by atoms with Crippen molar-refractivity contribution >= 4 is 29.6 Å². The SMILES string of the molecule is CC(C)(C)COC(=O)NC(Cc1ccc2c(c1)NC(=O)C(CCC(=O)OCc1ccccc1)O2)C(=O)O. The van der Waals surface area contributed by atoms with E-state index in [0.29, 0.717) is 17.0 Å². The van der Waals surface area contributed by atoms with Crippen LogP contribution in [0.4, 0.5) is 10.5 Å². The first-order valence-electron chi connectivity index (χ1n) is 12.0. The van der Waals surface area contributed by atoms with Gasteiger partial charge in [0.15, 0.2) is 6.10 Å². The van der Waals surface area contributed by atoms with Gasteiger partial charge in [-0.15, -0.1) is 0 Å². The van der Waals surface area contributed by atoms with E-state index < -0.39 is 36.1 Å². The molecule has 10 nitrogen and oxygen atoms in total. The molecule has 0 saturated heterocycles. The summed E-state index contributed by atoms with van der Waals surface area (Å²) in [6.07, 6.45) is -1.56. The van der Waals surface area contributed by atoms with Crippen molar-refractivity contribution in [2.75, 3.05) is 11.9 Å². The number of hydrogen-bond acceptors (Lipinski definition) is 7. The fourth-order valence-electron chi connectivity index (χ4n) is 3.48. The van der Waals surface area contributed by atoms with Crippen LogP contribution in [0.1, 0.15) is 44.7 Å². The number of hydrogen-bond donors (Lipinski definition) is 3. The molecule has 1 heterocycles. The number of carbonyl (C=O) groups excluding carboxylic acids is 3. The summed E-state index contributed by atoms with van der Waals surface area (Å²) in [6.45, 7) is 5.96. The summed E-state index contributed by atoms with van der Waals surface area (Å²) in [5, 5.41) is 14.6. The summed E-state index contributed by atoms with van der Waals surface area (Å²) >= 11 is 0. The molecule has 2 aromatic rings. The van der Waals surface area contributed by atoms with Crippen molar-refractivity contribution in [2.24, 2.45) is 5.41 Å². The first kappa shape index (κ1) is 27.5. The minimum atomic E-state index is -1.22. The van der Waals surface area contributed by atoms with Crippen molar-refractivity contribution in [3.63, 3.8) is 0 Å². The molecule has 37 heavy (non-hydrogen) atoms. The second-order valence-corrected chi connectivity index (χ2v) is 9.99. The standard InChI is InChI=1S/C27H32N2O8/c1-27(2,3)16-36-26(34)29-20(25(32)33)14-18-9-10-21-19(13-18)28-24(31)22(37-21)11-12-23(30)35-15-17-7-5-4-6-8-17/h4-10,13,20,22H,11-12,14-16H2,1-3H3,(H,28,31)(H,29,34)(H,32,33). The number of carboxylic acids is 1. The molecule has 1 aliphatic heterocycles. The van der Waals surface area contributed by atoms with Crippen molar-refractivity contribution in [2.45, 2.75) is 58.8 Å². The van der Waals surface area contributed by atoms with Crippen LogP contribution >= 0.6 is 0 Å². The second kappa shape index (κ2) is 12.2. The van der Waals surface area contributed by atoms with E-state index >= 15 is 0 Å². The molecule has 0 spiro atoms. The molecule has 0 aromatic heterocycles. The number of carbonyl (C=O) groups is 4. The van der Waals surface area contributed by atoms with Crippen molar-refractivity contribution < 1.29 is 38.5 Å². The highest BCUT2D eigenvalue weighted by atomic mass is 16.6. The Labute approximate surface area is 215 Å². The van der Waals surface area contributed by atoms with Crippen molar-refractivity contribution in [3.05, 3.63) is 59.7 Å². The number of fused-ring (bicyclic) bond motifs is 1. The predicted molar refractivity (Wildman–Crippen MR) is 134 cm³/mol. The van der Waals surface area contributed by atoms with Crippen molar-refractivity contribution in [1.29, 1.82) is 0 Å². The fraction of sp³-hybridized carbons (Fsp3) is 0.407. The van der Waals surface area contributed by atoms with Gasteiger partial charge in [0.1, 0.15) is 18.4 Å². The lowest BCUT2D eigenvalue weighted by Gasteiger charge is -2.26. The van der Waals surface area contributed by atoms with Crippen LogP contribution in [0, 0.1) is 5.41 Å².